The summed E-state index contributed by atoms with van der Waals surface area (Å²) in [5.74, 6) is 0. The molecule has 0 aromatic carbocycles. The number of aromatic amines is 1. The summed E-state index contributed by atoms with van der Waals surface area (Å²) in [6, 6.07) is 0. The molecule has 1 aromatic heterocycles. The van der Waals surface area contributed by atoms with E-state index in [9.17, 15) is 8.42 Å². The highest BCUT2D eigenvalue weighted by Gasteiger charge is 2.30. The molecular weight excluding hydrogens is 256 g/mol. The Morgan fingerprint density at radius 3 is 2.78 bits per heavy atom. The highest BCUT2D eigenvalue weighted by atomic mass is 32.2. The van der Waals surface area contributed by atoms with E-state index < -0.39 is 10.0 Å². The first-order valence-corrected chi connectivity index (χ1v) is 7.39. The summed E-state index contributed by atoms with van der Waals surface area (Å²) >= 11 is 0. The molecule has 2 rings (SSSR count). The molecule has 0 amide bonds. The summed E-state index contributed by atoms with van der Waals surface area (Å²) in [6.45, 7) is 1.97. The maximum atomic E-state index is 12.2. The van der Waals surface area contributed by atoms with Gasteiger partial charge in [-0.2, -0.15) is 9.40 Å². The number of nitrogens with one attached hydrogen (secondary N) is 1. The number of piperidine rings is 1. The van der Waals surface area contributed by atoms with Crippen molar-refractivity contribution < 1.29 is 13.2 Å². The van der Waals surface area contributed by atoms with Gasteiger partial charge in [-0.05, 0) is 12.8 Å². The molecule has 3 N–H and O–H groups in total. The number of aromatic nitrogens is 2. The van der Waals surface area contributed by atoms with Crippen molar-refractivity contribution in [1.82, 2.24) is 14.5 Å². The zero-order chi connectivity index (χ0) is 13.0. The van der Waals surface area contributed by atoms with E-state index in [1.165, 1.54) is 16.7 Å². The summed E-state index contributed by atoms with van der Waals surface area (Å²) in [5, 5.41) is 6.19. The Balaban J connectivity index is 1.94. The van der Waals surface area contributed by atoms with Gasteiger partial charge in [0, 0.05) is 25.8 Å². The smallest absolute Gasteiger partial charge is 0.246 e. The van der Waals surface area contributed by atoms with Crippen LogP contribution in [0.3, 0.4) is 0 Å². The fourth-order valence-electron chi connectivity index (χ4n) is 2.00. The van der Waals surface area contributed by atoms with Crippen molar-refractivity contribution in [1.29, 1.82) is 0 Å². The molecule has 102 valence electrons. The predicted octanol–water partition coefficient (Wildman–Crippen LogP) is -0.462. The van der Waals surface area contributed by atoms with Crippen molar-refractivity contribution in [2.75, 3.05) is 26.2 Å². The number of hydrogen-bond donors (Lipinski definition) is 2. The van der Waals surface area contributed by atoms with Crippen molar-refractivity contribution in [3.05, 3.63) is 12.4 Å². The van der Waals surface area contributed by atoms with E-state index in [1.54, 1.807) is 0 Å². The second kappa shape index (κ2) is 5.79. The number of ether oxygens (including phenoxy) is 1. The molecule has 0 saturated carbocycles. The van der Waals surface area contributed by atoms with Crippen LogP contribution in [0.2, 0.25) is 0 Å². The molecule has 1 aliphatic heterocycles. The molecule has 1 fully saturated rings. The van der Waals surface area contributed by atoms with Crippen LogP contribution in [-0.2, 0) is 14.8 Å². The second-order valence-corrected chi connectivity index (χ2v) is 6.13. The van der Waals surface area contributed by atoms with Crippen molar-refractivity contribution in [2.45, 2.75) is 23.8 Å². The molecule has 7 nitrogen and oxygen atoms in total. The lowest BCUT2D eigenvalue weighted by Gasteiger charge is -2.30. The minimum atomic E-state index is -3.40. The first kappa shape index (κ1) is 13.5. The van der Waals surface area contributed by atoms with Crippen LogP contribution in [-0.4, -0.2) is 55.3 Å². The van der Waals surface area contributed by atoms with Gasteiger partial charge >= 0.3 is 0 Å². The average molecular weight is 274 g/mol. The molecule has 1 saturated heterocycles. The van der Waals surface area contributed by atoms with E-state index in [-0.39, 0.29) is 11.0 Å². The van der Waals surface area contributed by atoms with Crippen molar-refractivity contribution in [2.24, 2.45) is 5.73 Å². The summed E-state index contributed by atoms with van der Waals surface area (Å²) in [4.78, 5) is 0.212. The van der Waals surface area contributed by atoms with Gasteiger partial charge in [0.2, 0.25) is 10.0 Å². The summed E-state index contributed by atoms with van der Waals surface area (Å²) in [6.07, 6.45) is 4.25. The number of nitrogens with two attached hydrogens (primary N) is 1. The first-order valence-electron chi connectivity index (χ1n) is 5.95. The van der Waals surface area contributed by atoms with Gasteiger partial charge in [0.05, 0.1) is 18.9 Å². The Hall–Kier alpha value is -0.960. The summed E-state index contributed by atoms with van der Waals surface area (Å²) < 4.78 is 31.3. The van der Waals surface area contributed by atoms with E-state index in [1.807, 2.05) is 0 Å². The maximum Gasteiger partial charge on any atom is 0.246 e. The van der Waals surface area contributed by atoms with E-state index in [2.05, 4.69) is 10.2 Å². The normalized spacial score (nSPS) is 19.2. The van der Waals surface area contributed by atoms with Gasteiger partial charge < -0.3 is 10.5 Å². The van der Waals surface area contributed by atoms with Crippen LogP contribution in [0.15, 0.2) is 17.3 Å². The molecule has 0 bridgehead atoms. The quantitative estimate of drug-likeness (QED) is 0.756. The fourth-order valence-corrected chi connectivity index (χ4v) is 3.38. The predicted molar refractivity (Wildman–Crippen MR) is 65.4 cm³/mol. The van der Waals surface area contributed by atoms with E-state index in [0.29, 0.717) is 39.1 Å². The molecule has 1 aromatic rings. The van der Waals surface area contributed by atoms with Crippen LogP contribution in [0.25, 0.3) is 0 Å². The molecule has 0 unspecified atom stereocenters. The standard InChI is InChI=1S/C10H18N4O3S/c11-3-6-17-9-1-4-14(5-2-9)18(15,16)10-7-12-13-8-10/h7-9H,1-6,11H2,(H,12,13). The molecule has 1 aliphatic rings. The largest absolute Gasteiger partial charge is 0.377 e. The fraction of sp³-hybridized carbons (Fsp3) is 0.700. The van der Waals surface area contributed by atoms with Crippen LogP contribution < -0.4 is 5.73 Å². The number of sulfonamides is 1. The monoisotopic (exact) mass is 274 g/mol. The lowest BCUT2D eigenvalue weighted by atomic mass is 10.1. The van der Waals surface area contributed by atoms with Gasteiger partial charge in [-0.25, -0.2) is 8.42 Å². The average Bonchev–Trinajstić information content (AvgIpc) is 2.91. The van der Waals surface area contributed by atoms with E-state index in [4.69, 9.17) is 10.5 Å². The third-order valence-electron chi connectivity index (χ3n) is 2.98. The van der Waals surface area contributed by atoms with Gasteiger partial charge in [-0.1, -0.05) is 0 Å². The number of rotatable bonds is 5. The van der Waals surface area contributed by atoms with E-state index in [0.717, 1.165) is 0 Å². The van der Waals surface area contributed by atoms with Crippen LogP contribution in [0.1, 0.15) is 12.8 Å². The number of nitrogens with zero attached hydrogens (tertiary/aromatic N) is 2. The minimum absolute atomic E-state index is 0.115. The van der Waals surface area contributed by atoms with Gasteiger partial charge in [0.1, 0.15) is 4.90 Å². The molecule has 0 aliphatic carbocycles. The lowest BCUT2D eigenvalue weighted by molar-refractivity contribution is 0.0257. The van der Waals surface area contributed by atoms with Crippen molar-refractivity contribution in [3.63, 3.8) is 0 Å². The Kier molecular flexibility index (Phi) is 4.33. The maximum absolute atomic E-state index is 12.2. The molecule has 18 heavy (non-hydrogen) atoms. The zero-order valence-corrected chi connectivity index (χ0v) is 10.9. The number of hydrogen-bond acceptors (Lipinski definition) is 5. The van der Waals surface area contributed by atoms with Gasteiger partial charge in [-0.15, -0.1) is 0 Å². The number of H-pyrrole nitrogens is 1. The summed E-state index contributed by atoms with van der Waals surface area (Å²) in [5.41, 5.74) is 5.36. The Labute approximate surface area is 106 Å². The first-order chi connectivity index (χ1) is 8.64. The Morgan fingerprint density at radius 1 is 1.50 bits per heavy atom. The molecule has 0 spiro atoms. The third kappa shape index (κ3) is 2.89. The molecule has 0 radical (unpaired) electrons. The van der Waals surface area contributed by atoms with Crippen molar-refractivity contribution >= 4 is 10.0 Å². The highest BCUT2D eigenvalue weighted by Crippen LogP contribution is 2.21. The molecule has 2 heterocycles. The summed E-state index contributed by atoms with van der Waals surface area (Å²) in [7, 11) is -3.40. The van der Waals surface area contributed by atoms with Gasteiger partial charge in [0.25, 0.3) is 0 Å². The lowest BCUT2D eigenvalue weighted by Crippen LogP contribution is -2.41. The van der Waals surface area contributed by atoms with Crippen molar-refractivity contribution in [3.8, 4) is 0 Å². The zero-order valence-electron chi connectivity index (χ0n) is 10.1. The molecule has 0 atom stereocenters. The van der Waals surface area contributed by atoms with Crippen LogP contribution in [0, 0.1) is 0 Å². The van der Waals surface area contributed by atoms with Gasteiger partial charge in [0.15, 0.2) is 0 Å². The van der Waals surface area contributed by atoms with E-state index >= 15 is 0 Å². The van der Waals surface area contributed by atoms with Crippen LogP contribution in [0.5, 0.6) is 0 Å². The SMILES string of the molecule is NCCOC1CCN(S(=O)(=O)c2cn[nH]c2)CC1. The highest BCUT2D eigenvalue weighted by molar-refractivity contribution is 7.89. The molecule has 8 heteroatoms. The molecular formula is C10H18N4O3S. The second-order valence-electron chi connectivity index (χ2n) is 4.20. The van der Waals surface area contributed by atoms with Gasteiger partial charge in [-0.3, -0.25) is 5.10 Å². The Bertz CT molecular complexity index is 451. The Morgan fingerprint density at radius 2 is 2.22 bits per heavy atom. The topological polar surface area (TPSA) is 101 Å². The van der Waals surface area contributed by atoms with Crippen LogP contribution >= 0.6 is 0 Å². The third-order valence-corrected chi connectivity index (χ3v) is 4.85. The van der Waals surface area contributed by atoms with Crippen LogP contribution in [0.4, 0.5) is 0 Å². The minimum Gasteiger partial charge on any atom is -0.377 e.